The molecule has 1 saturated heterocycles. The van der Waals surface area contributed by atoms with Crippen molar-refractivity contribution in [2.24, 2.45) is 13.0 Å². The van der Waals surface area contributed by atoms with Crippen LogP contribution in [0, 0.1) is 5.92 Å². The maximum atomic E-state index is 14.2. The predicted molar refractivity (Wildman–Crippen MR) is 232 cm³/mol. The number of carbonyl (C=O) groups is 3. The molecule has 4 aromatic rings. The Morgan fingerprint density at radius 1 is 1.00 bits per heavy atom. The lowest BCUT2D eigenvalue weighted by molar-refractivity contribution is -0.144. The molecule has 3 amide bonds. The number of nitrogens with zero attached hydrogens (tertiary/aromatic N) is 5. The molecule has 59 heavy (non-hydrogen) atoms. The zero-order valence-corrected chi connectivity index (χ0v) is 36.9. The molecule has 2 heterocycles. The number of halogens is 2. The van der Waals surface area contributed by atoms with Crippen molar-refractivity contribution in [2.45, 2.75) is 83.5 Å². The third-order valence-electron chi connectivity index (χ3n) is 10.7. The van der Waals surface area contributed by atoms with E-state index in [1.807, 2.05) is 90.6 Å². The average Bonchev–Trinajstić information content (AvgIpc) is 3.54. The average molecular weight is 850 g/mol. The summed E-state index contributed by atoms with van der Waals surface area (Å²) >= 11 is 12.6. The Hall–Kier alpha value is -4.62. The number of hydrogen-bond acceptors (Lipinski definition) is 8. The van der Waals surface area contributed by atoms with Crippen LogP contribution in [0.5, 0.6) is 11.5 Å². The van der Waals surface area contributed by atoms with Gasteiger partial charge >= 0.3 is 6.09 Å². The summed E-state index contributed by atoms with van der Waals surface area (Å²) in [4.78, 5) is 51.0. The number of aromatic nitrogens is 2. The lowest BCUT2D eigenvalue weighted by atomic mass is 9.81. The second-order valence-corrected chi connectivity index (χ2v) is 17.7. The standard InChI is InChI=1S/C45H58Cl2N6O6/c1-30(10-13-33-14-19-35(47)24-39(33)58-36-20-15-32(16-21-36)38-26-48-40(51(38)7)27-50(5)6)41(55)49-37(28-54)42(56)52(8)45(25-31-11-17-34(46)18-12-31)22-9-23-53(29-45)43(57)59-44(2,3)4/h11-12,14-21,24,26,30,37,54H,9-10,13,22-23,25,27-29H2,1-8H3,(H,49,55)/t30-,37+,45-/m1/s1. The third-order valence-corrected chi connectivity index (χ3v) is 11.2. The second kappa shape index (κ2) is 19.6. The molecule has 1 aliphatic heterocycles. The molecule has 3 aromatic carbocycles. The fraction of sp³-hybridized carbons (Fsp3) is 0.467. The molecular formula is C45H58Cl2N6O6. The van der Waals surface area contributed by atoms with Gasteiger partial charge in [0.15, 0.2) is 0 Å². The van der Waals surface area contributed by atoms with Crippen molar-refractivity contribution in [3.63, 3.8) is 0 Å². The van der Waals surface area contributed by atoms with Crippen LogP contribution in [0.4, 0.5) is 4.79 Å². The van der Waals surface area contributed by atoms with Crippen LogP contribution in [-0.2, 0) is 40.8 Å². The van der Waals surface area contributed by atoms with E-state index >= 15 is 0 Å². The van der Waals surface area contributed by atoms with E-state index in [0.717, 1.165) is 34.8 Å². The van der Waals surface area contributed by atoms with Crippen molar-refractivity contribution in [3.8, 4) is 22.8 Å². The van der Waals surface area contributed by atoms with Crippen LogP contribution < -0.4 is 10.1 Å². The summed E-state index contributed by atoms with van der Waals surface area (Å²) in [5, 5.41) is 14.4. The number of aryl methyl sites for hydroxylation is 1. The van der Waals surface area contributed by atoms with Gasteiger partial charge in [-0.1, -0.05) is 48.3 Å². The second-order valence-electron chi connectivity index (χ2n) is 16.8. The number of benzene rings is 3. The molecule has 3 atom stereocenters. The highest BCUT2D eigenvalue weighted by molar-refractivity contribution is 6.31. The van der Waals surface area contributed by atoms with Crippen LogP contribution in [-0.4, -0.2) is 105 Å². The summed E-state index contributed by atoms with van der Waals surface area (Å²) in [6.07, 6.45) is 3.99. The number of likely N-dealkylation sites (tertiary alicyclic amines) is 1. The molecule has 5 rings (SSSR count). The van der Waals surface area contributed by atoms with Crippen molar-refractivity contribution < 1.29 is 29.0 Å². The number of nitrogens with one attached hydrogen (secondary N) is 1. The molecule has 0 spiro atoms. The van der Waals surface area contributed by atoms with Crippen LogP contribution in [0.2, 0.25) is 10.0 Å². The highest BCUT2D eigenvalue weighted by Gasteiger charge is 2.45. The largest absolute Gasteiger partial charge is 0.457 e. The molecule has 0 aliphatic carbocycles. The first-order chi connectivity index (χ1) is 27.9. The van der Waals surface area contributed by atoms with Gasteiger partial charge in [0.05, 0.1) is 30.6 Å². The Balaban J connectivity index is 1.25. The number of carbonyl (C=O) groups excluding carboxylic acids is 3. The van der Waals surface area contributed by atoms with E-state index in [4.69, 9.17) is 32.7 Å². The molecule has 0 unspecified atom stereocenters. The van der Waals surface area contributed by atoms with Crippen molar-refractivity contribution in [1.82, 2.24) is 29.6 Å². The summed E-state index contributed by atoms with van der Waals surface area (Å²) < 4.78 is 14.1. The molecule has 12 nitrogen and oxygen atoms in total. The van der Waals surface area contributed by atoms with Crippen LogP contribution in [0.3, 0.4) is 0 Å². The lowest BCUT2D eigenvalue weighted by Gasteiger charge is -2.49. The Morgan fingerprint density at radius 2 is 1.68 bits per heavy atom. The molecule has 1 aliphatic rings. The van der Waals surface area contributed by atoms with Gasteiger partial charge in [0.25, 0.3) is 0 Å². The summed E-state index contributed by atoms with van der Waals surface area (Å²) in [7, 11) is 7.70. The number of amides is 3. The summed E-state index contributed by atoms with van der Waals surface area (Å²) in [5.74, 6) is 0.844. The third kappa shape index (κ3) is 12.0. The molecule has 14 heteroatoms. The predicted octanol–water partition coefficient (Wildman–Crippen LogP) is 7.76. The van der Waals surface area contributed by atoms with Gasteiger partial charge in [-0.15, -0.1) is 0 Å². The van der Waals surface area contributed by atoms with Gasteiger partial charge in [-0.2, -0.15) is 0 Å². The fourth-order valence-corrected chi connectivity index (χ4v) is 7.67. The first-order valence-corrected chi connectivity index (χ1v) is 20.8. The van der Waals surface area contributed by atoms with Crippen LogP contribution >= 0.6 is 23.2 Å². The van der Waals surface area contributed by atoms with Crippen molar-refractivity contribution in [3.05, 3.63) is 99.9 Å². The first-order valence-electron chi connectivity index (χ1n) is 20.0. The molecule has 0 bridgehead atoms. The highest BCUT2D eigenvalue weighted by atomic mass is 35.5. The van der Waals surface area contributed by atoms with Crippen LogP contribution in [0.15, 0.2) is 72.9 Å². The minimum absolute atomic E-state index is 0.215. The monoisotopic (exact) mass is 848 g/mol. The van der Waals surface area contributed by atoms with Gasteiger partial charge in [-0.25, -0.2) is 9.78 Å². The number of piperidine rings is 1. The Morgan fingerprint density at radius 3 is 2.32 bits per heavy atom. The summed E-state index contributed by atoms with van der Waals surface area (Å²) in [5.41, 5.74) is 2.27. The smallest absolute Gasteiger partial charge is 0.410 e. The molecule has 2 N–H and O–H groups in total. The van der Waals surface area contributed by atoms with E-state index < -0.39 is 41.7 Å². The van der Waals surface area contributed by atoms with Gasteiger partial charge in [-0.3, -0.25) is 9.59 Å². The minimum atomic E-state index is -1.20. The van der Waals surface area contributed by atoms with Gasteiger partial charge in [0, 0.05) is 48.7 Å². The minimum Gasteiger partial charge on any atom is -0.457 e. The normalized spacial score (nSPS) is 16.7. The Labute approximate surface area is 358 Å². The van der Waals surface area contributed by atoms with E-state index in [0.29, 0.717) is 60.2 Å². The highest BCUT2D eigenvalue weighted by Crippen LogP contribution is 2.34. The van der Waals surface area contributed by atoms with Crippen molar-refractivity contribution >= 4 is 41.1 Å². The zero-order valence-electron chi connectivity index (χ0n) is 35.4. The number of imidazole rings is 1. The first kappa shape index (κ1) is 45.5. The van der Waals surface area contributed by atoms with Gasteiger partial charge in [-0.05, 0) is 127 Å². The lowest BCUT2D eigenvalue weighted by Crippen LogP contribution is -2.64. The number of rotatable bonds is 15. The number of hydrogen-bond donors (Lipinski definition) is 2. The van der Waals surface area contributed by atoms with E-state index in [9.17, 15) is 19.5 Å². The Bertz CT molecular complexity index is 2070. The Kier molecular flexibility index (Phi) is 15.1. The molecule has 318 valence electrons. The van der Waals surface area contributed by atoms with Gasteiger partial charge < -0.3 is 39.2 Å². The molecule has 0 saturated carbocycles. The van der Waals surface area contributed by atoms with E-state index in [1.54, 1.807) is 48.0 Å². The molecule has 1 fully saturated rings. The van der Waals surface area contributed by atoms with E-state index in [1.165, 1.54) is 0 Å². The van der Waals surface area contributed by atoms with E-state index in [-0.39, 0.29) is 12.5 Å². The van der Waals surface area contributed by atoms with Gasteiger partial charge in [0.2, 0.25) is 11.8 Å². The quantitative estimate of drug-likeness (QED) is 0.124. The topological polar surface area (TPSA) is 129 Å². The number of likely N-dealkylation sites (N-methyl/N-ethyl adjacent to an activating group) is 1. The maximum Gasteiger partial charge on any atom is 0.410 e. The molecule has 0 radical (unpaired) electrons. The maximum absolute atomic E-state index is 14.2. The molecular weight excluding hydrogens is 791 g/mol. The van der Waals surface area contributed by atoms with E-state index in [2.05, 4.69) is 19.8 Å². The summed E-state index contributed by atoms with van der Waals surface area (Å²) in [6.45, 7) is 8.06. The SMILES string of the molecule is C[C@H](CCc1ccc(Cl)cc1Oc1ccc(-c2cnc(CN(C)C)n2C)cc1)C(=O)N[C@@H](CO)C(=O)N(C)[C@@]1(Cc2ccc(Cl)cc2)CCCN(C(=O)OC(C)(C)C)C1. The van der Waals surface area contributed by atoms with Gasteiger partial charge in [0.1, 0.15) is 29.0 Å². The number of aliphatic hydroxyl groups is 1. The fourth-order valence-electron chi connectivity index (χ4n) is 7.38. The number of ether oxygens (including phenoxy) is 2. The van der Waals surface area contributed by atoms with Crippen molar-refractivity contribution in [1.29, 1.82) is 0 Å². The number of aliphatic hydroxyl groups excluding tert-OH is 1. The van der Waals surface area contributed by atoms with Crippen LogP contribution in [0.1, 0.15) is 63.9 Å². The van der Waals surface area contributed by atoms with Crippen molar-refractivity contribution in [2.75, 3.05) is 40.8 Å². The molecule has 1 aromatic heterocycles. The van der Waals surface area contributed by atoms with Crippen LogP contribution in [0.25, 0.3) is 11.3 Å². The zero-order chi connectivity index (χ0) is 43.1. The summed E-state index contributed by atoms with van der Waals surface area (Å²) in [6, 6.07) is 19.4.